The first-order valence-electron chi connectivity index (χ1n) is 3.81. The monoisotopic (exact) mass is 275 g/mol. The highest BCUT2D eigenvalue weighted by atomic mass is 127. The van der Waals surface area contributed by atoms with Gasteiger partial charge in [0.15, 0.2) is 0 Å². The van der Waals surface area contributed by atoms with E-state index in [0.29, 0.717) is 18.6 Å². The van der Waals surface area contributed by atoms with Gasteiger partial charge >= 0.3 is 0 Å². The molecule has 0 radical (unpaired) electrons. The molecule has 0 spiro atoms. The third-order valence-corrected chi connectivity index (χ3v) is 2.01. The number of hydrogen-bond donors (Lipinski definition) is 0. The summed E-state index contributed by atoms with van der Waals surface area (Å²) in [7, 11) is 0. The van der Waals surface area contributed by atoms with Gasteiger partial charge in [0.1, 0.15) is 5.78 Å². The molecule has 1 aromatic rings. The first-order valence-corrected chi connectivity index (χ1v) is 3.81. The van der Waals surface area contributed by atoms with E-state index in [-0.39, 0.29) is 24.0 Å². The maximum Gasteiger partial charge on any atom is 0.137 e. The minimum absolute atomic E-state index is 0. The summed E-state index contributed by atoms with van der Waals surface area (Å²) in [5.74, 6) is 0.338. The van der Waals surface area contributed by atoms with Crippen LogP contribution in [0.5, 0.6) is 0 Å². The summed E-state index contributed by atoms with van der Waals surface area (Å²) in [6.45, 7) is 0. The molecule has 1 heterocycles. The van der Waals surface area contributed by atoms with Crippen molar-refractivity contribution in [3.63, 3.8) is 0 Å². The molecule has 1 aliphatic rings. The SMILES string of the molecule is I.O=C1CCc2ncccc2C1. The molecule has 0 fully saturated rings. The lowest BCUT2D eigenvalue weighted by atomic mass is 9.95. The molecule has 1 aromatic heterocycles. The summed E-state index contributed by atoms with van der Waals surface area (Å²) in [4.78, 5) is 15.2. The molecule has 2 nitrogen and oxygen atoms in total. The van der Waals surface area contributed by atoms with Gasteiger partial charge in [0, 0.05) is 24.7 Å². The normalized spacial score (nSPS) is 14.8. The van der Waals surface area contributed by atoms with E-state index >= 15 is 0 Å². The summed E-state index contributed by atoms with van der Waals surface area (Å²) in [6, 6.07) is 3.87. The topological polar surface area (TPSA) is 30.0 Å². The van der Waals surface area contributed by atoms with Crippen molar-refractivity contribution >= 4 is 29.8 Å². The van der Waals surface area contributed by atoms with E-state index in [2.05, 4.69) is 4.98 Å². The van der Waals surface area contributed by atoms with Gasteiger partial charge < -0.3 is 0 Å². The van der Waals surface area contributed by atoms with Crippen LogP contribution in [0.1, 0.15) is 17.7 Å². The molecule has 0 N–H and O–H groups in total. The van der Waals surface area contributed by atoms with E-state index in [0.717, 1.165) is 17.7 Å². The Labute approximate surface area is 88.4 Å². The van der Waals surface area contributed by atoms with Crippen molar-refractivity contribution in [2.24, 2.45) is 0 Å². The minimum atomic E-state index is 0. The highest BCUT2D eigenvalue weighted by molar-refractivity contribution is 14.0. The largest absolute Gasteiger partial charge is 0.299 e. The molecule has 0 saturated heterocycles. The Morgan fingerprint density at radius 1 is 1.33 bits per heavy atom. The summed E-state index contributed by atoms with van der Waals surface area (Å²) in [6.07, 6.45) is 3.87. The van der Waals surface area contributed by atoms with Gasteiger partial charge in [-0.1, -0.05) is 6.07 Å². The maximum absolute atomic E-state index is 11.0. The standard InChI is InChI=1S/C9H9NO.HI/c11-8-3-4-9-7(6-8)2-1-5-10-9;/h1-2,5H,3-4,6H2;1H. The molecule has 12 heavy (non-hydrogen) atoms. The zero-order valence-electron chi connectivity index (χ0n) is 6.62. The van der Waals surface area contributed by atoms with Crippen molar-refractivity contribution in [1.82, 2.24) is 4.98 Å². The highest BCUT2D eigenvalue weighted by Crippen LogP contribution is 2.15. The molecule has 0 saturated carbocycles. The van der Waals surface area contributed by atoms with Crippen molar-refractivity contribution in [3.8, 4) is 0 Å². The number of Topliss-reactive ketones (excluding diaryl/α,β-unsaturated/α-hetero) is 1. The van der Waals surface area contributed by atoms with Gasteiger partial charge in [0.05, 0.1) is 0 Å². The lowest BCUT2D eigenvalue weighted by Crippen LogP contribution is -2.13. The van der Waals surface area contributed by atoms with E-state index in [1.165, 1.54) is 0 Å². The van der Waals surface area contributed by atoms with Crippen LogP contribution in [0.25, 0.3) is 0 Å². The van der Waals surface area contributed by atoms with E-state index < -0.39 is 0 Å². The van der Waals surface area contributed by atoms with Crippen LogP contribution in [0.2, 0.25) is 0 Å². The van der Waals surface area contributed by atoms with E-state index in [9.17, 15) is 4.79 Å². The van der Waals surface area contributed by atoms with Crippen LogP contribution in [0.4, 0.5) is 0 Å². The Morgan fingerprint density at radius 3 is 3.00 bits per heavy atom. The molecule has 0 atom stereocenters. The van der Waals surface area contributed by atoms with Crippen LogP contribution < -0.4 is 0 Å². The number of hydrogen-bond acceptors (Lipinski definition) is 2. The number of ketones is 1. The van der Waals surface area contributed by atoms with E-state index in [4.69, 9.17) is 0 Å². The molecule has 3 heteroatoms. The number of aromatic nitrogens is 1. The molecular weight excluding hydrogens is 265 g/mol. The molecule has 0 amide bonds. The zero-order chi connectivity index (χ0) is 7.68. The van der Waals surface area contributed by atoms with Crippen LogP contribution in [0.15, 0.2) is 18.3 Å². The third kappa shape index (κ3) is 1.83. The number of fused-ring (bicyclic) bond motifs is 1. The van der Waals surface area contributed by atoms with Gasteiger partial charge in [-0.25, -0.2) is 0 Å². The van der Waals surface area contributed by atoms with Crippen LogP contribution in [0.3, 0.4) is 0 Å². The first-order chi connectivity index (χ1) is 5.36. The van der Waals surface area contributed by atoms with Gasteiger partial charge in [-0.15, -0.1) is 24.0 Å². The molecule has 64 valence electrons. The number of aryl methyl sites for hydroxylation is 1. The number of halogens is 1. The summed E-state index contributed by atoms with van der Waals surface area (Å²) in [5, 5.41) is 0. The van der Waals surface area contributed by atoms with Crippen LogP contribution in [-0.2, 0) is 17.6 Å². The fraction of sp³-hybridized carbons (Fsp3) is 0.333. The van der Waals surface area contributed by atoms with Crippen molar-refractivity contribution in [1.29, 1.82) is 0 Å². The predicted molar refractivity (Wildman–Crippen MR) is 56.7 cm³/mol. The van der Waals surface area contributed by atoms with Crippen LogP contribution in [-0.4, -0.2) is 10.8 Å². The number of nitrogens with zero attached hydrogens (tertiary/aromatic N) is 1. The maximum atomic E-state index is 11.0. The molecule has 0 aliphatic heterocycles. The van der Waals surface area contributed by atoms with Crippen molar-refractivity contribution in [2.75, 3.05) is 0 Å². The second kappa shape index (κ2) is 3.98. The number of carbonyl (C=O) groups is 1. The lowest BCUT2D eigenvalue weighted by Gasteiger charge is -2.11. The highest BCUT2D eigenvalue weighted by Gasteiger charge is 2.14. The van der Waals surface area contributed by atoms with Gasteiger partial charge in [0.25, 0.3) is 0 Å². The summed E-state index contributed by atoms with van der Waals surface area (Å²) >= 11 is 0. The van der Waals surface area contributed by atoms with Crippen LogP contribution in [0, 0.1) is 0 Å². The zero-order valence-corrected chi connectivity index (χ0v) is 8.95. The lowest BCUT2D eigenvalue weighted by molar-refractivity contribution is -0.118. The van der Waals surface area contributed by atoms with Crippen molar-refractivity contribution < 1.29 is 4.79 Å². The summed E-state index contributed by atoms with van der Waals surface area (Å²) in [5.41, 5.74) is 2.22. The number of pyridine rings is 1. The molecule has 2 rings (SSSR count). The van der Waals surface area contributed by atoms with Gasteiger partial charge in [-0.2, -0.15) is 0 Å². The van der Waals surface area contributed by atoms with Crippen molar-refractivity contribution in [2.45, 2.75) is 19.3 Å². The fourth-order valence-electron chi connectivity index (χ4n) is 1.42. The summed E-state index contributed by atoms with van der Waals surface area (Å²) < 4.78 is 0. The third-order valence-electron chi connectivity index (χ3n) is 2.01. The fourth-order valence-corrected chi connectivity index (χ4v) is 1.42. The second-order valence-corrected chi connectivity index (χ2v) is 2.82. The Hall–Kier alpha value is -0.450. The van der Waals surface area contributed by atoms with E-state index in [1.807, 2.05) is 12.1 Å². The minimum Gasteiger partial charge on any atom is -0.299 e. The van der Waals surface area contributed by atoms with Crippen LogP contribution >= 0.6 is 24.0 Å². The molecule has 0 bridgehead atoms. The Bertz CT molecular complexity index is 298. The molecular formula is C9H10INO. The average Bonchev–Trinajstić information content (AvgIpc) is 2.04. The van der Waals surface area contributed by atoms with E-state index in [1.54, 1.807) is 6.20 Å². The quantitative estimate of drug-likeness (QED) is 0.675. The van der Waals surface area contributed by atoms with Gasteiger partial charge in [-0.05, 0) is 18.1 Å². The molecule has 0 unspecified atom stereocenters. The predicted octanol–water partition coefficient (Wildman–Crippen LogP) is 1.76. The molecule has 0 aromatic carbocycles. The second-order valence-electron chi connectivity index (χ2n) is 2.82. The number of carbonyl (C=O) groups excluding carboxylic acids is 1. The average molecular weight is 275 g/mol. The van der Waals surface area contributed by atoms with Gasteiger partial charge in [0.2, 0.25) is 0 Å². The Balaban J connectivity index is 0.000000720. The molecule has 1 aliphatic carbocycles. The Morgan fingerprint density at radius 2 is 2.17 bits per heavy atom. The van der Waals surface area contributed by atoms with Crippen molar-refractivity contribution in [3.05, 3.63) is 29.6 Å². The number of rotatable bonds is 0. The first kappa shape index (κ1) is 9.64. The Kier molecular flexibility index (Phi) is 3.20. The van der Waals surface area contributed by atoms with Gasteiger partial charge in [-0.3, -0.25) is 9.78 Å². The smallest absolute Gasteiger partial charge is 0.137 e.